The summed E-state index contributed by atoms with van der Waals surface area (Å²) in [4.78, 5) is 25.4. The van der Waals surface area contributed by atoms with E-state index in [9.17, 15) is 14.7 Å². The zero-order valence-electron chi connectivity index (χ0n) is 12.1. The molecule has 2 bridgehead atoms. The van der Waals surface area contributed by atoms with Crippen molar-refractivity contribution >= 4 is 11.6 Å². The van der Waals surface area contributed by atoms with Crippen LogP contribution >= 0.6 is 0 Å². The second-order valence-corrected chi connectivity index (χ2v) is 6.91. The third-order valence-electron chi connectivity index (χ3n) is 6.06. The van der Waals surface area contributed by atoms with Gasteiger partial charge in [-0.2, -0.15) is 0 Å². The summed E-state index contributed by atoms with van der Waals surface area (Å²) in [5, 5.41) is 11.1. The normalized spacial score (nSPS) is 38.2. The summed E-state index contributed by atoms with van der Waals surface area (Å²) in [6.07, 6.45) is 1.48. The zero-order valence-corrected chi connectivity index (χ0v) is 12.1. The Morgan fingerprint density at radius 2 is 1.80 bits per heavy atom. The Bertz CT molecular complexity index is 590. The minimum Gasteiger partial charge on any atom is -0.374 e. The molecular weight excluding hydrogens is 252 g/mol. The van der Waals surface area contributed by atoms with Crippen LogP contribution in [-0.4, -0.2) is 22.3 Å². The van der Waals surface area contributed by atoms with Gasteiger partial charge in [0, 0.05) is 16.9 Å². The summed E-state index contributed by atoms with van der Waals surface area (Å²) in [6.45, 7) is 5.89. The lowest BCUT2D eigenvalue weighted by molar-refractivity contribution is -0.142. The van der Waals surface area contributed by atoms with Gasteiger partial charge in [-0.1, -0.05) is 51.1 Å². The summed E-state index contributed by atoms with van der Waals surface area (Å²) in [6, 6.07) is 8.64. The van der Waals surface area contributed by atoms with E-state index in [0.29, 0.717) is 12.0 Å². The van der Waals surface area contributed by atoms with E-state index in [1.165, 1.54) is 0 Å². The SMILES string of the molecule is CC1(C)C2CCC1(C)C(O)(C(=O)c1ccccc1)C2=O. The lowest BCUT2D eigenvalue weighted by Crippen LogP contribution is -2.57. The van der Waals surface area contributed by atoms with Crippen LogP contribution in [0.5, 0.6) is 0 Å². The highest BCUT2D eigenvalue weighted by atomic mass is 16.3. The fraction of sp³-hybridized carbons (Fsp3) is 0.529. The Morgan fingerprint density at radius 1 is 1.20 bits per heavy atom. The van der Waals surface area contributed by atoms with E-state index in [1.54, 1.807) is 24.3 Å². The quantitative estimate of drug-likeness (QED) is 0.665. The molecule has 0 amide bonds. The van der Waals surface area contributed by atoms with Crippen LogP contribution in [0, 0.1) is 16.7 Å². The summed E-state index contributed by atoms with van der Waals surface area (Å²) < 4.78 is 0. The molecule has 0 radical (unpaired) electrons. The van der Waals surface area contributed by atoms with E-state index >= 15 is 0 Å². The maximum atomic E-state index is 12.8. The van der Waals surface area contributed by atoms with Gasteiger partial charge in [0.05, 0.1) is 0 Å². The Hall–Kier alpha value is -1.48. The van der Waals surface area contributed by atoms with Crippen LogP contribution in [0.3, 0.4) is 0 Å². The number of hydrogen-bond donors (Lipinski definition) is 1. The molecule has 1 N–H and O–H groups in total. The van der Waals surface area contributed by atoms with Crippen LogP contribution in [0.25, 0.3) is 0 Å². The number of Topliss-reactive ketones (excluding diaryl/α,β-unsaturated/α-hetero) is 2. The molecule has 0 heterocycles. The largest absolute Gasteiger partial charge is 0.374 e. The van der Waals surface area contributed by atoms with Crippen molar-refractivity contribution in [2.75, 3.05) is 0 Å². The molecule has 2 aliphatic carbocycles. The maximum Gasteiger partial charge on any atom is 0.202 e. The van der Waals surface area contributed by atoms with Crippen LogP contribution in [0.2, 0.25) is 0 Å². The van der Waals surface area contributed by atoms with Crippen LogP contribution < -0.4 is 0 Å². The molecule has 0 aliphatic heterocycles. The third-order valence-corrected chi connectivity index (χ3v) is 6.06. The van der Waals surface area contributed by atoms with Crippen molar-refractivity contribution in [2.24, 2.45) is 16.7 Å². The van der Waals surface area contributed by atoms with Crippen molar-refractivity contribution in [1.82, 2.24) is 0 Å². The molecule has 2 saturated carbocycles. The van der Waals surface area contributed by atoms with Gasteiger partial charge in [0.15, 0.2) is 11.4 Å². The molecule has 1 aromatic carbocycles. The first-order chi connectivity index (χ1) is 9.27. The molecule has 3 nitrogen and oxygen atoms in total. The van der Waals surface area contributed by atoms with Crippen molar-refractivity contribution in [3.8, 4) is 0 Å². The van der Waals surface area contributed by atoms with Gasteiger partial charge in [0.2, 0.25) is 5.78 Å². The summed E-state index contributed by atoms with van der Waals surface area (Å²) in [7, 11) is 0. The topological polar surface area (TPSA) is 54.4 Å². The molecule has 3 atom stereocenters. The lowest BCUT2D eigenvalue weighted by Gasteiger charge is -2.42. The summed E-state index contributed by atoms with van der Waals surface area (Å²) in [5.74, 6) is -0.948. The highest BCUT2D eigenvalue weighted by Crippen LogP contribution is 2.68. The van der Waals surface area contributed by atoms with Crippen LogP contribution in [0.15, 0.2) is 30.3 Å². The molecule has 20 heavy (non-hydrogen) atoms. The van der Waals surface area contributed by atoms with Gasteiger partial charge in [-0.15, -0.1) is 0 Å². The van der Waals surface area contributed by atoms with E-state index in [0.717, 1.165) is 6.42 Å². The summed E-state index contributed by atoms with van der Waals surface area (Å²) >= 11 is 0. The van der Waals surface area contributed by atoms with Gasteiger partial charge >= 0.3 is 0 Å². The number of carbonyl (C=O) groups excluding carboxylic acids is 2. The molecule has 3 heteroatoms. The van der Waals surface area contributed by atoms with Gasteiger partial charge in [0.25, 0.3) is 0 Å². The molecule has 2 aliphatic rings. The molecule has 106 valence electrons. The molecule has 0 spiro atoms. The third kappa shape index (κ3) is 1.25. The van der Waals surface area contributed by atoms with Crippen molar-refractivity contribution in [3.63, 3.8) is 0 Å². The second-order valence-electron chi connectivity index (χ2n) is 6.91. The van der Waals surface area contributed by atoms with Gasteiger partial charge in [-0.25, -0.2) is 0 Å². The first kappa shape index (κ1) is 13.5. The first-order valence-electron chi connectivity index (χ1n) is 7.13. The van der Waals surface area contributed by atoms with E-state index in [-0.39, 0.29) is 17.1 Å². The molecule has 3 rings (SSSR count). The highest BCUT2D eigenvalue weighted by molar-refractivity contribution is 6.20. The average molecular weight is 272 g/mol. The predicted molar refractivity (Wildman–Crippen MR) is 75.3 cm³/mol. The molecule has 1 aromatic rings. The first-order valence-corrected chi connectivity index (χ1v) is 7.13. The van der Waals surface area contributed by atoms with Crippen molar-refractivity contribution < 1.29 is 14.7 Å². The Balaban J connectivity index is 2.14. The van der Waals surface area contributed by atoms with E-state index in [2.05, 4.69) is 0 Å². The average Bonchev–Trinajstić information content (AvgIpc) is 2.73. The Morgan fingerprint density at radius 3 is 2.30 bits per heavy atom. The Kier molecular flexibility index (Phi) is 2.56. The van der Waals surface area contributed by atoms with Gasteiger partial charge in [-0.3, -0.25) is 9.59 Å². The fourth-order valence-electron chi connectivity index (χ4n) is 4.29. The van der Waals surface area contributed by atoms with Gasteiger partial charge in [-0.05, 0) is 18.3 Å². The minimum absolute atomic E-state index is 0.217. The van der Waals surface area contributed by atoms with Crippen LogP contribution in [0.4, 0.5) is 0 Å². The Labute approximate surface area is 119 Å². The number of rotatable bonds is 2. The fourth-order valence-corrected chi connectivity index (χ4v) is 4.29. The van der Waals surface area contributed by atoms with Crippen molar-refractivity contribution in [2.45, 2.75) is 39.2 Å². The number of benzene rings is 1. The van der Waals surface area contributed by atoms with Gasteiger partial charge in [0.1, 0.15) is 0 Å². The van der Waals surface area contributed by atoms with Crippen molar-refractivity contribution in [3.05, 3.63) is 35.9 Å². The number of hydrogen-bond acceptors (Lipinski definition) is 3. The highest BCUT2D eigenvalue weighted by Gasteiger charge is 2.76. The molecule has 0 saturated heterocycles. The summed E-state index contributed by atoms with van der Waals surface area (Å²) in [5.41, 5.74) is -2.49. The van der Waals surface area contributed by atoms with E-state index < -0.39 is 16.8 Å². The second kappa shape index (κ2) is 3.79. The van der Waals surface area contributed by atoms with Crippen molar-refractivity contribution in [1.29, 1.82) is 0 Å². The molecule has 2 fully saturated rings. The number of carbonyl (C=O) groups is 2. The van der Waals surface area contributed by atoms with Crippen LogP contribution in [0.1, 0.15) is 44.0 Å². The van der Waals surface area contributed by atoms with E-state index in [4.69, 9.17) is 0 Å². The maximum absolute atomic E-state index is 12.8. The van der Waals surface area contributed by atoms with Crippen LogP contribution in [-0.2, 0) is 4.79 Å². The number of fused-ring (bicyclic) bond motifs is 2. The zero-order chi connectivity index (χ0) is 14.8. The number of aliphatic hydroxyl groups is 1. The lowest BCUT2D eigenvalue weighted by atomic mass is 9.62. The van der Waals surface area contributed by atoms with E-state index in [1.807, 2.05) is 26.8 Å². The molecule has 0 aromatic heterocycles. The minimum atomic E-state index is -1.87. The monoisotopic (exact) mass is 272 g/mol. The standard InChI is InChI=1S/C17H20O3/c1-15(2)12-9-10-16(15,3)17(20,14(12)19)13(18)11-7-5-4-6-8-11/h4-8,12,20H,9-10H2,1-3H3. The predicted octanol–water partition coefficient (Wildman–Crippen LogP) is 2.63. The van der Waals surface area contributed by atoms with Gasteiger partial charge < -0.3 is 5.11 Å². The number of ketones is 2. The molecule has 3 unspecified atom stereocenters. The smallest absolute Gasteiger partial charge is 0.202 e. The molecular formula is C17H20O3.